The minimum absolute atomic E-state index is 0.0558. The van der Waals surface area contributed by atoms with Crippen molar-refractivity contribution in [1.82, 2.24) is 0 Å². The molecule has 10 heteroatoms. The van der Waals surface area contributed by atoms with E-state index in [4.69, 9.17) is 14.6 Å². The lowest BCUT2D eigenvalue weighted by Crippen LogP contribution is -2.61. The topological polar surface area (TPSA) is 177 Å². The van der Waals surface area contributed by atoms with Crippen LogP contribution in [0.15, 0.2) is 0 Å². The predicted molar refractivity (Wildman–Crippen MR) is 68.4 cm³/mol. The van der Waals surface area contributed by atoms with Gasteiger partial charge < -0.3 is 50.0 Å². The summed E-state index contributed by atoms with van der Waals surface area (Å²) in [5.74, 6) is 0. The first kappa shape index (κ1) is 19.4. The van der Waals surface area contributed by atoms with Crippen molar-refractivity contribution in [2.24, 2.45) is 0 Å². The molecule has 1 aliphatic rings. The Morgan fingerprint density at radius 1 is 1.14 bits per heavy atom. The van der Waals surface area contributed by atoms with Gasteiger partial charge in [-0.25, -0.2) is 0 Å². The molecule has 0 bridgehead atoms. The van der Waals surface area contributed by atoms with Crippen molar-refractivity contribution >= 4 is 6.29 Å². The minimum Gasteiger partial charge on any atom is -0.394 e. The molecule has 0 spiro atoms. The third kappa shape index (κ3) is 4.19. The Labute approximate surface area is 126 Å². The molecule has 1 fully saturated rings. The minimum atomic E-state index is -1.84. The molecule has 1 rings (SSSR count). The second-order valence-electron chi connectivity index (χ2n) is 5.16. The maximum absolute atomic E-state index is 10.7. The van der Waals surface area contributed by atoms with Gasteiger partial charge in [-0.05, 0) is 6.92 Å². The number of hydrogen-bond donors (Lipinski definition) is 7. The van der Waals surface area contributed by atoms with Crippen LogP contribution in [0, 0.1) is 0 Å². The molecule has 0 saturated carbocycles. The lowest BCUT2D eigenvalue weighted by atomic mass is 9.98. The van der Waals surface area contributed by atoms with Crippen LogP contribution < -0.4 is 0 Å². The average molecular weight is 326 g/mol. The zero-order valence-corrected chi connectivity index (χ0v) is 11.8. The lowest BCUT2D eigenvalue weighted by Gasteiger charge is -2.41. The summed E-state index contributed by atoms with van der Waals surface area (Å²) >= 11 is 0. The summed E-state index contributed by atoms with van der Waals surface area (Å²) in [4.78, 5) is 10.7. The number of carbonyl (C=O) groups excluding carboxylic acids is 1. The molecule has 9 atom stereocenters. The largest absolute Gasteiger partial charge is 0.394 e. The number of carbonyl (C=O) groups is 1. The number of hydrogen-bond acceptors (Lipinski definition) is 10. The van der Waals surface area contributed by atoms with Gasteiger partial charge >= 0.3 is 0 Å². The van der Waals surface area contributed by atoms with E-state index in [1.54, 1.807) is 0 Å². The average Bonchev–Trinajstić information content (AvgIpc) is 2.50. The highest BCUT2D eigenvalue weighted by molar-refractivity contribution is 5.56. The van der Waals surface area contributed by atoms with Crippen molar-refractivity contribution in [3.05, 3.63) is 0 Å². The lowest BCUT2D eigenvalue weighted by molar-refractivity contribution is -0.324. The van der Waals surface area contributed by atoms with Gasteiger partial charge in [0.2, 0.25) is 0 Å². The third-order valence-electron chi connectivity index (χ3n) is 3.45. The van der Waals surface area contributed by atoms with Gasteiger partial charge in [0.05, 0.1) is 12.7 Å². The fraction of sp³-hybridized carbons (Fsp3) is 0.917. The Kier molecular flexibility index (Phi) is 7.25. The highest BCUT2D eigenvalue weighted by Crippen LogP contribution is 2.24. The number of ether oxygens (including phenoxy) is 2. The molecular formula is C12H22O10. The number of aliphatic hydroxyl groups is 7. The summed E-state index contributed by atoms with van der Waals surface area (Å²) in [7, 11) is 0. The fourth-order valence-electron chi connectivity index (χ4n) is 2.05. The maximum atomic E-state index is 10.7. The standard InChI is InChI=1S/C12H22O10/c1-4(15)7(17)11(5(16)2-13)22-12-10(20)9(19)8(18)6(3-14)21-12/h2,4-12,14-20H,3H2,1H3/t4?,5?,6-,7?,8-,9+,10-,11?,12+/m1/s1. The van der Waals surface area contributed by atoms with E-state index in [9.17, 15) is 35.4 Å². The molecule has 0 amide bonds. The molecular weight excluding hydrogens is 304 g/mol. The first-order chi connectivity index (χ1) is 10.2. The summed E-state index contributed by atoms with van der Waals surface area (Å²) in [6, 6.07) is 0. The Morgan fingerprint density at radius 3 is 2.18 bits per heavy atom. The van der Waals surface area contributed by atoms with E-state index >= 15 is 0 Å². The SMILES string of the molecule is CC(O)C(O)C(O[C@@H]1O[C@H](CO)[C@@H](O)[C@H](O)[C@H]1O)C(O)C=O. The van der Waals surface area contributed by atoms with Crippen molar-refractivity contribution in [3.8, 4) is 0 Å². The van der Waals surface area contributed by atoms with Gasteiger partial charge in [-0.2, -0.15) is 0 Å². The number of aliphatic hydroxyl groups excluding tert-OH is 7. The van der Waals surface area contributed by atoms with Crippen LogP contribution in [0.5, 0.6) is 0 Å². The summed E-state index contributed by atoms with van der Waals surface area (Å²) in [5, 5.41) is 66.7. The number of aldehydes is 1. The van der Waals surface area contributed by atoms with Gasteiger partial charge in [0.15, 0.2) is 12.6 Å². The molecule has 22 heavy (non-hydrogen) atoms. The van der Waals surface area contributed by atoms with Crippen molar-refractivity contribution < 1.29 is 50.0 Å². The monoisotopic (exact) mass is 326 g/mol. The van der Waals surface area contributed by atoms with Gasteiger partial charge in [0, 0.05) is 0 Å². The van der Waals surface area contributed by atoms with E-state index in [0.717, 1.165) is 0 Å². The Hall–Kier alpha value is -0.690. The molecule has 130 valence electrons. The highest BCUT2D eigenvalue weighted by Gasteiger charge is 2.46. The summed E-state index contributed by atoms with van der Waals surface area (Å²) in [6.07, 6.45) is -14.5. The molecule has 0 radical (unpaired) electrons. The molecule has 1 aliphatic heterocycles. The zero-order chi connectivity index (χ0) is 17.0. The van der Waals surface area contributed by atoms with E-state index in [1.165, 1.54) is 6.92 Å². The zero-order valence-electron chi connectivity index (χ0n) is 11.8. The van der Waals surface area contributed by atoms with E-state index < -0.39 is 61.7 Å². The first-order valence-electron chi connectivity index (χ1n) is 6.70. The quantitative estimate of drug-likeness (QED) is 0.225. The third-order valence-corrected chi connectivity index (χ3v) is 3.45. The van der Waals surface area contributed by atoms with Crippen LogP contribution in [0.25, 0.3) is 0 Å². The fourth-order valence-corrected chi connectivity index (χ4v) is 2.05. The summed E-state index contributed by atoms with van der Waals surface area (Å²) in [5.41, 5.74) is 0. The van der Waals surface area contributed by atoms with Crippen LogP contribution in [0.3, 0.4) is 0 Å². The van der Waals surface area contributed by atoms with E-state index in [2.05, 4.69) is 0 Å². The van der Waals surface area contributed by atoms with Crippen LogP contribution in [-0.4, -0.2) is 104 Å². The smallest absolute Gasteiger partial charge is 0.187 e. The van der Waals surface area contributed by atoms with Crippen molar-refractivity contribution in [2.45, 2.75) is 62.0 Å². The maximum Gasteiger partial charge on any atom is 0.187 e. The summed E-state index contributed by atoms with van der Waals surface area (Å²) < 4.78 is 10.1. The molecule has 0 aromatic carbocycles. The Bertz CT molecular complexity index is 349. The van der Waals surface area contributed by atoms with Crippen molar-refractivity contribution in [2.75, 3.05) is 6.61 Å². The molecule has 1 saturated heterocycles. The summed E-state index contributed by atoms with van der Waals surface area (Å²) in [6.45, 7) is 0.497. The van der Waals surface area contributed by atoms with Crippen LogP contribution >= 0.6 is 0 Å². The second-order valence-corrected chi connectivity index (χ2v) is 5.16. The van der Waals surface area contributed by atoms with E-state index in [-0.39, 0.29) is 6.29 Å². The highest BCUT2D eigenvalue weighted by atomic mass is 16.7. The predicted octanol–water partition coefficient (Wildman–Crippen LogP) is -4.53. The van der Waals surface area contributed by atoms with Gasteiger partial charge in [0.25, 0.3) is 0 Å². The molecule has 4 unspecified atom stereocenters. The molecule has 10 nitrogen and oxygen atoms in total. The molecule has 0 aliphatic carbocycles. The van der Waals surface area contributed by atoms with Gasteiger partial charge in [-0.1, -0.05) is 0 Å². The van der Waals surface area contributed by atoms with Crippen LogP contribution in [0.1, 0.15) is 6.92 Å². The van der Waals surface area contributed by atoms with Gasteiger partial charge in [-0.15, -0.1) is 0 Å². The van der Waals surface area contributed by atoms with E-state index in [1.807, 2.05) is 0 Å². The normalized spacial score (nSPS) is 38.1. The van der Waals surface area contributed by atoms with Crippen LogP contribution in [0.2, 0.25) is 0 Å². The Balaban J connectivity index is 2.89. The second kappa shape index (κ2) is 8.24. The first-order valence-corrected chi connectivity index (χ1v) is 6.70. The van der Waals surface area contributed by atoms with Crippen molar-refractivity contribution in [1.29, 1.82) is 0 Å². The molecule has 0 aromatic heterocycles. The van der Waals surface area contributed by atoms with Gasteiger partial charge in [0.1, 0.15) is 42.7 Å². The van der Waals surface area contributed by atoms with Crippen molar-refractivity contribution in [3.63, 3.8) is 0 Å². The molecule has 7 N–H and O–H groups in total. The van der Waals surface area contributed by atoms with Gasteiger partial charge in [-0.3, -0.25) is 0 Å². The van der Waals surface area contributed by atoms with E-state index in [0.29, 0.717) is 0 Å². The Morgan fingerprint density at radius 2 is 1.73 bits per heavy atom. The number of rotatable bonds is 7. The molecule has 1 heterocycles. The molecule has 0 aromatic rings. The van der Waals surface area contributed by atoms with Crippen LogP contribution in [-0.2, 0) is 14.3 Å². The van der Waals surface area contributed by atoms with Crippen LogP contribution in [0.4, 0.5) is 0 Å².